The first-order valence-electron chi connectivity index (χ1n) is 8.50. The average Bonchev–Trinajstić information content (AvgIpc) is 2.48. The van der Waals surface area contributed by atoms with E-state index in [4.69, 9.17) is 4.99 Å². The Labute approximate surface area is 131 Å². The van der Waals surface area contributed by atoms with Gasteiger partial charge in [0.25, 0.3) is 0 Å². The summed E-state index contributed by atoms with van der Waals surface area (Å²) in [5.41, 5.74) is 0. The summed E-state index contributed by atoms with van der Waals surface area (Å²) in [5, 5.41) is 3.39. The van der Waals surface area contributed by atoms with Crippen LogP contribution < -0.4 is 5.32 Å². The highest BCUT2D eigenvalue weighted by atomic mass is 15.3. The van der Waals surface area contributed by atoms with Gasteiger partial charge < -0.3 is 15.1 Å². The SMILES string of the molecule is C=CCCCN(C)C(=NCCN1CCC(C)CC1)NCC. The lowest BCUT2D eigenvalue weighted by Gasteiger charge is -2.29. The third kappa shape index (κ3) is 7.51. The summed E-state index contributed by atoms with van der Waals surface area (Å²) in [5.74, 6) is 1.94. The van der Waals surface area contributed by atoms with Gasteiger partial charge in [0.1, 0.15) is 0 Å². The highest BCUT2D eigenvalue weighted by Gasteiger charge is 2.14. The van der Waals surface area contributed by atoms with Crippen molar-refractivity contribution in [3.63, 3.8) is 0 Å². The second-order valence-electron chi connectivity index (χ2n) is 6.11. The lowest BCUT2D eigenvalue weighted by atomic mass is 9.99. The molecule has 0 aromatic rings. The number of hydrogen-bond donors (Lipinski definition) is 1. The van der Waals surface area contributed by atoms with Crippen molar-refractivity contribution in [2.24, 2.45) is 10.9 Å². The summed E-state index contributed by atoms with van der Waals surface area (Å²) in [7, 11) is 2.12. The van der Waals surface area contributed by atoms with Gasteiger partial charge >= 0.3 is 0 Å². The first-order valence-corrected chi connectivity index (χ1v) is 8.50. The average molecular weight is 294 g/mol. The monoisotopic (exact) mass is 294 g/mol. The number of nitrogens with zero attached hydrogens (tertiary/aromatic N) is 3. The minimum Gasteiger partial charge on any atom is -0.357 e. The largest absolute Gasteiger partial charge is 0.357 e. The minimum atomic E-state index is 0.891. The maximum Gasteiger partial charge on any atom is 0.193 e. The van der Waals surface area contributed by atoms with E-state index in [0.29, 0.717) is 0 Å². The first kappa shape index (κ1) is 18.0. The van der Waals surface area contributed by atoms with Crippen LogP contribution in [0.25, 0.3) is 0 Å². The van der Waals surface area contributed by atoms with Gasteiger partial charge in [-0.3, -0.25) is 4.99 Å². The van der Waals surface area contributed by atoms with Crippen molar-refractivity contribution < 1.29 is 0 Å². The van der Waals surface area contributed by atoms with E-state index < -0.39 is 0 Å². The summed E-state index contributed by atoms with van der Waals surface area (Å²) >= 11 is 0. The molecule has 1 N–H and O–H groups in total. The van der Waals surface area contributed by atoms with Crippen molar-refractivity contribution in [1.29, 1.82) is 0 Å². The van der Waals surface area contributed by atoms with E-state index in [1.807, 2.05) is 6.08 Å². The Balaban J connectivity index is 2.34. The minimum absolute atomic E-state index is 0.891. The summed E-state index contributed by atoms with van der Waals surface area (Å²) < 4.78 is 0. The third-order valence-corrected chi connectivity index (χ3v) is 4.15. The quantitative estimate of drug-likeness (QED) is 0.323. The lowest BCUT2D eigenvalue weighted by molar-refractivity contribution is 0.197. The summed E-state index contributed by atoms with van der Waals surface area (Å²) in [6, 6.07) is 0. The molecule has 1 saturated heterocycles. The molecular formula is C17H34N4. The highest BCUT2D eigenvalue weighted by Crippen LogP contribution is 2.15. The van der Waals surface area contributed by atoms with Gasteiger partial charge in [-0.2, -0.15) is 0 Å². The molecule has 0 radical (unpaired) electrons. The summed E-state index contributed by atoms with van der Waals surface area (Å²) in [6.45, 7) is 14.7. The van der Waals surface area contributed by atoms with Gasteiger partial charge in [0.2, 0.25) is 0 Å². The molecule has 1 heterocycles. The number of likely N-dealkylation sites (tertiary alicyclic amines) is 1. The van der Waals surface area contributed by atoms with Gasteiger partial charge in [0.05, 0.1) is 6.54 Å². The third-order valence-electron chi connectivity index (χ3n) is 4.15. The van der Waals surface area contributed by atoms with Gasteiger partial charge in [0.15, 0.2) is 5.96 Å². The Morgan fingerprint density at radius 2 is 2.14 bits per heavy atom. The number of allylic oxidation sites excluding steroid dienone is 1. The molecule has 0 aromatic heterocycles. The number of hydrogen-bond acceptors (Lipinski definition) is 2. The van der Waals surface area contributed by atoms with Gasteiger partial charge in [-0.15, -0.1) is 6.58 Å². The molecule has 0 spiro atoms. The molecule has 1 fully saturated rings. The fourth-order valence-corrected chi connectivity index (χ4v) is 2.63. The highest BCUT2D eigenvalue weighted by molar-refractivity contribution is 5.79. The molecule has 0 atom stereocenters. The smallest absolute Gasteiger partial charge is 0.193 e. The number of unbranched alkanes of at least 4 members (excludes halogenated alkanes) is 1. The molecule has 1 aliphatic rings. The molecule has 1 aliphatic heterocycles. The fourth-order valence-electron chi connectivity index (χ4n) is 2.63. The van der Waals surface area contributed by atoms with E-state index in [2.05, 4.69) is 42.6 Å². The van der Waals surface area contributed by atoms with Gasteiger partial charge in [-0.1, -0.05) is 13.0 Å². The Bertz CT molecular complexity index is 306. The van der Waals surface area contributed by atoms with Crippen LogP contribution in [-0.4, -0.2) is 62.1 Å². The molecular weight excluding hydrogens is 260 g/mol. The number of piperidine rings is 1. The van der Waals surface area contributed by atoms with E-state index in [0.717, 1.165) is 50.9 Å². The standard InChI is InChI=1S/C17H34N4/c1-5-7-8-12-20(4)17(18-6-2)19-11-15-21-13-9-16(3)10-14-21/h5,16H,1,6-15H2,2-4H3,(H,18,19). The molecule has 0 bridgehead atoms. The number of rotatable bonds is 8. The van der Waals surface area contributed by atoms with Crippen LogP contribution in [0.15, 0.2) is 17.6 Å². The van der Waals surface area contributed by atoms with Crippen LogP contribution in [0.3, 0.4) is 0 Å². The number of aliphatic imine (C=N–C) groups is 1. The van der Waals surface area contributed by atoms with Crippen LogP contribution in [-0.2, 0) is 0 Å². The summed E-state index contributed by atoms with van der Waals surface area (Å²) in [4.78, 5) is 9.54. The molecule has 4 nitrogen and oxygen atoms in total. The molecule has 1 rings (SSSR count). The predicted molar refractivity (Wildman–Crippen MR) is 92.9 cm³/mol. The molecule has 0 aliphatic carbocycles. The molecule has 0 saturated carbocycles. The van der Waals surface area contributed by atoms with Crippen LogP contribution in [0.1, 0.15) is 39.5 Å². The van der Waals surface area contributed by atoms with Crippen molar-refractivity contribution >= 4 is 5.96 Å². The zero-order valence-corrected chi connectivity index (χ0v) is 14.3. The Morgan fingerprint density at radius 1 is 1.43 bits per heavy atom. The summed E-state index contributed by atoms with van der Waals surface area (Å²) in [6.07, 6.45) is 6.86. The second kappa shape index (κ2) is 10.7. The molecule has 21 heavy (non-hydrogen) atoms. The maximum atomic E-state index is 4.77. The predicted octanol–water partition coefficient (Wildman–Crippen LogP) is 2.58. The topological polar surface area (TPSA) is 30.9 Å². The van der Waals surface area contributed by atoms with E-state index in [9.17, 15) is 0 Å². The van der Waals surface area contributed by atoms with Crippen LogP contribution in [0.5, 0.6) is 0 Å². The fraction of sp³-hybridized carbons (Fsp3) is 0.824. The van der Waals surface area contributed by atoms with Gasteiger partial charge in [-0.25, -0.2) is 0 Å². The van der Waals surface area contributed by atoms with Gasteiger partial charge in [0, 0.05) is 26.7 Å². The van der Waals surface area contributed by atoms with Crippen molar-refractivity contribution in [2.45, 2.75) is 39.5 Å². The van der Waals surface area contributed by atoms with Gasteiger partial charge in [-0.05, 0) is 51.6 Å². The molecule has 0 aromatic carbocycles. The van der Waals surface area contributed by atoms with Crippen LogP contribution in [0.2, 0.25) is 0 Å². The Hall–Kier alpha value is -1.03. The van der Waals surface area contributed by atoms with E-state index in [-0.39, 0.29) is 0 Å². The van der Waals surface area contributed by atoms with Crippen molar-refractivity contribution in [3.8, 4) is 0 Å². The Morgan fingerprint density at radius 3 is 2.76 bits per heavy atom. The molecule has 122 valence electrons. The van der Waals surface area contributed by atoms with Crippen LogP contribution >= 0.6 is 0 Å². The number of nitrogens with one attached hydrogen (secondary N) is 1. The molecule has 0 amide bonds. The van der Waals surface area contributed by atoms with Crippen LogP contribution in [0, 0.1) is 5.92 Å². The first-order chi connectivity index (χ1) is 10.2. The van der Waals surface area contributed by atoms with E-state index in [1.54, 1.807) is 0 Å². The van der Waals surface area contributed by atoms with Crippen LogP contribution in [0.4, 0.5) is 0 Å². The lowest BCUT2D eigenvalue weighted by Crippen LogP contribution is -2.40. The molecule has 0 unspecified atom stereocenters. The van der Waals surface area contributed by atoms with Crippen molar-refractivity contribution in [2.75, 3.05) is 46.3 Å². The zero-order valence-electron chi connectivity index (χ0n) is 14.3. The van der Waals surface area contributed by atoms with E-state index >= 15 is 0 Å². The normalized spacial score (nSPS) is 17.8. The zero-order chi connectivity index (χ0) is 15.5. The Kier molecular flexibility index (Phi) is 9.15. The number of guanidine groups is 1. The second-order valence-corrected chi connectivity index (χ2v) is 6.11. The van der Waals surface area contributed by atoms with E-state index in [1.165, 1.54) is 25.9 Å². The van der Waals surface area contributed by atoms with Crippen molar-refractivity contribution in [1.82, 2.24) is 15.1 Å². The van der Waals surface area contributed by atoms with Crippen molar-refractivity contribution in [3.05, 3.63) is 12.7 Å². The molecule has 4 heteroatoms. The maximum absolute atomic E-state index is 4.77.